The summed E-state index contributed by atoms with van der Waals surface area (Å²) >= 11 is 1.22. The van der Waals surface area contributed by atoms with Gasteiger partial charge in [0.2, 0.25) is 21.1 Å². The molecule has 0 radical (unpaired) electrons. The molecular formula is C20H22N4O4S2. The first-order chi connectivity index (χ1) is 14.2. The molecule has 0 aliphatic rings. The number of carbonyl (C=O) groups is 1. The van der Waals surface area contributed by atoms with Gasteiger partial charge in [-0.15, -0.1) is 10.2 Å². The van der Waals surface area contributed by atoms with E-state index in [0.29, 0.717) is 21.6 Å². The molecule has 0 aliphatic carbocycles. The van der Waals surface area contributed by atoms with E-state index in [9.17, 15) is 13.2 Å². The molecule has 0 bridgehead atoms. The highest BCUT2D eigenvalue weighted by Gasteiger charge is 2.30. The molecule has 1 heterocycles. The van der Waals surface area contributed by atoms with Crippen molar-refractivity contribution in [3.05, 3.63) is 54.1 Å². The molecule has 3 rings (SSSR count). The molecule has 0 spiro atoms. The second-order valence-corrected chi connectivity index (χ2v) is 9.54. The van der Waals surface area contributed by atoms with Gasteiger partial charge in [-0.2, -0.15) is 0 Å². The SMILES string of the molecule is COc1cccc(N([C@H](C)C(=O)Nc2nnc(-c3ccc(C)cc3)s2)S(C)(=O)=O)c1. The van der Waals surface area contributed by atoms with Gasteiger partial charge in [-0.3, -0.25) is 14.4 Å². The minimum atomic E-state index is -3.74. The van der Waals surface area contributed by atoms with Crippen LogP contribution in [0.25, 0.3) is 10.6 Å². The predicted octanol–water partition coefficient (Wildman–Crippen LogP) is 3.32. The average Bonchev–Trinajstić information content (AvgIpc) is 3.16. The van der Waals surface area contributed by atoms with Crippen LogP contribution in [0.4, 0.5) is 10.8 Å². The van der Waals surface area contributed by atoms with Crippen LogP contribution in [0.2, 0.25) is 0 Å². The number of sulfonamides is 1. The smallest absolute Gasteiger partial charge is 0.249 e. The van der Waals surface area contributed by atoms with Crippen LogP contribution in [0, 0.1) is 6.92 Å². The summed E-state index contributed by atoms with van der Waals surface area (Å²) in [5.41, 5.74) is 2.35. The van der Waals surface area contributed by atoms with Gasteiger partial charge in [0.15, 0.2) is 0 Å². The van der Waals surface area contributed by atoms with Gasteiger partial charge >= 0.3 is 0 Å². The number of rotatable bonds is 7. The number of carbonyl (C=O) groups excluding carboxylic acids is 1. The molecule has 1 N–H and O–H groups in total. The lowest BCUT2D eigenvalue weighted by molar-refractivity contribution is -0.116. The molecule has 0 saturated heterocycles. The molecule has 0 saturated carbocycles. The maximum atomic E-state index is 12.8. The van der Waals surface area contributed by atoms with Crippen LogP contribution in [-0.4, -0.2) is 43.9 Å². The summed E-state index contributed by atoms with van der Waals surface area (Å²) in [6.07, 6.45) is 1.05. The van der Waals surface area contributed by atoms with E-state index >= 15 is 0 Å². The van der Waals surface area contributed by atoms with Gasteiger partial charge in [0, 0.05) is 11.6 Å². The zero-order valence-electron chi connectivity index (χ0n) is 17.0. The molecule has 30 heavy (non-hydrogen) atoms. The Bertz CT molecular complexity index is 1140. The van der Waals surface area contributed by atoms with Gasteiger partial charge in [-0.1, -0.05) is 47.2 Å². The van der Waals surface area contributed by atoms with E-state index in [0.717, 1.165) is 21.7 Å². The van der Waals surface area contributed by atoms with Crippen LogP contribution >= 0.6 is 11.3 Å². The highest BCUT2D eigenvalue weighted by atomic mass is 32.2. The Morgan fingerprint density at radius 1 is 1.17 bits per heavy atom. The standard InChI is InChI=1S/C20H22N4O4S2/c1-13-8-10-15(11-9-13)19-22-23-20(29-19)21-18(25)14(2)24(30(4,26)27)16-6-5-7-17(12-16)28-3/h5-12,14H,1-4H3,(H,21,23,25)/t14-/m1/s1. The maximum absolute atomic E-state index is 12.8. The second-order valence-electron chi connectivity index (χ2n) is 6.70. The topological polar surface area (TPSA) is 101 Å². The van der Waals surface area contributed by atoms with Gasteiger partial charge in [-0.05, 0) is 26.0 Å². The molecule has 0 aliphatic heterocycles. The molecule has 1 atom stereocenters. The van der Waals surface area contributed by atoms with Crippen molar-refractivity contribution in [1.82, 2.24) is 10.2 Å². The number of anilines is 2. The normalized spacial score (nSPS) is 12.3. The van der Waals surface area contributed by atoms with Crippen molar-refractivity contribution in [3.8, 4) is 16.3 Å². The van der Waals surface area contributed by atoms with Crippen molar-refractivity contribution in [1.29, 1.82) is 0 Å². The Morgan fingerprint density at radius 3 is 2.50 bits per heavy atom. The molecular weight excluding hydrogens is 424 g/mol. The second kappa shape index (κ2) is 8.80. The van der Waals surface area contributed by atoms with E-state index in [1.165, 1.54) is 25.4 Å². The summed E-state index contributed by atoms with van der Waals surface area (Å²) in [6.45, 7) is 3.50. The van der Waals surface area contributed by atoms with Crippen LogP contribution in [0.1, 0.15) is 12.5 Å². The van der Waals surface area contributed by atoms with E-state index in [4.69, 9.17) is 4.74 Å². The Balaban J connectivity index is 1.81. The number of benzene rings is 2. The lowest BCUT2D eigenvalue weighted by Crippen LogP contribution is -2.45. The predicted molar refractivity (Wildman–Crippen MR) is 118 cm³/mol. The molecule has 10 heteroatoms. The number of amides is 1. The van der Waals surface area contributed by atoms with Crippen molar-refractivity contribution in [2.45, 2.75) is 19.9 Å². The van der Waals surface area contributed by atoms with E-state index < -0.39 is 22.0 Å². The van der Waals surface area contributed by atoms with E-state index in [2.05, 4.69) is 15.5 Å². The van der Waals surface area contributed by atoms with Gasteiger partial charge in [0.1, 0.15) is 16.8 Å². The zero-order chi connectivity index (χ0) is 21.9. The number of hydrogen-bond acceptors (Lipinski definition) is 7. The molecule has 1 amide bonds. The van der Waals surface area contributed by atoms with Crippen molar-refractivity contribution < 1.29 is 17.9 Å². The first kappa shape index (κ1) is 21.7. The third-order valence-corrected chi connectivity index (χ3v) is 6.48. The number of hydrogen-bond donors (Lipinski definition) is 1. The molecule has 8 nitrogen and oxygen atoms in total. The van der Waals surface area contributed by atoms with E-state index in [-0.39, 0.29) is 0 Å². The molecule has 0 unspecified atom stereocenters. The minimum absolute atomic E-state index is 0.293. The molecule has 0 fully saturated rings. The average molecular weight is 447 g/mol. The molecule has 2 aromatic carbocycles. The Labute approximate surface area is 179 Å². The summed E-state index contributed by atoms with van der Waals surface area (Å²) in [4.78, 5) is 12.8. The lowest BCUT2D eigenvalue weighted by Gasteiger charge is -2.28. The fourth-order valence-electron chi connectivity index (χ4n) is 2.85. The number of ether oxygens (including phenoxy) is 1. The Kier molecular flexibility index (Phi) is 6.37. The fourth-order valence-corrected chi connectivity index (χ4v) is 4.77. The summed E-state index contributed by atoms with van der Waals surface area (Å²) in [5, 5.41) is 11.7. The number of nitrogens with one attached hydrogen (secondary N) is 1. The van der Waals surface area contributed by atoms with Gasteiger partial charge in [-0.25, -0.2) is 8.42 Å². The van der Waals surface area contributed by atoms with Crippen molar-refractivity contribution in [2.75, 3.05) is 23.0 Å². The molecule has 1 aromatic heterocycles. The molecule has 158 valence electrons. The van der Waals surface area contributed by atoms with Gasteiger partial charge < -0.3 is 4.74 Å². The number of nitrogens with zero attached hydrogens (tertiary/aromatic N) is 3. The lowest BCUT2D eigenvalue weighted by atomic mass is 10.2. The van der Waals surface area contributed by atoms with Gasteiger partial charge in [0.25, 0.3) is 0 Å². The first-order valence-corrected chi connectivity index (χ1v) is 11.7. The summed E-state index contributed by atoms with van der Waals surface area (Å²) in [7, 11) is -2.25. The highest BCUT2D eigenvalue weighted by Crippen LogP contribution is 2.28. The summed E-state index contributed by atoms with van der Waals surface area (Å²) in [5.74, 6) is -0.0320. The first-order valence-electron chi connectivity index (χ1n) is 9.04. The third kappa shape index (κ3) is 4.95. The third-order valence-electron chi connectivity index (χ3n) is 4.35. The maximum Gasteiger partial charge on any atom is 0.249 e. The monoisotopic (exact) mass is 446 g/mol. The van der Waals surface area contributed by atoms with Crippen LogP contribution in [0.15, 0.2) is 48.5 Å². The number of methoxy groups -OCH3 is 1. The Morgan fingerprint density at radius 2 is 1.87 bits per heavy atom. The Hall–Kier alpha value is -2.98. The fraction of sp³-hybridized carbons (Fsp3) is 0.250. The summed E-state index contributed by atoms with van der Waals surface area (Å²) in [6, 6.07) is 13.3. The van der Waals surface area contributed by atoms with Gasteiger partial charge in [0.05, 0.1) is 19.1 Å². The van der Waals surface area contributed by atoms with Crippen molar-refractivity contribution in [2.24, 2.45) is 0 Å². The van der Waals surface area contributed by atoms with Crippen LogP contribution in [0.5, 0.6) is 5.75 Å². The zero-order valence-corrected chi connectivity index (χ0v) is 18.6. The quantitative estimate of drug-likeness (QED) is 0.597. The largest absolute Gasteiger partial charge is 0.497 e. The van der Waals surface area contributed by atoms with Crippen molar-refractivity contribution >= 4 is 38.1 Å². The van der Waals surface area contributed by atoms with Crippen LogP contribution in [-0.2, 0) is 14.8 Å². The molecule has 3 aromatic rings. The minimum Gasteiger partial charge on any atom is -0.497 e. The van der Waals surface area contributed by atoms with Crippen LogP contribution in [0.3, 0.4) is 0 Å². The van der Waals surface area contributed by atoms with E-state index in [1.807, 2.05) is 31.2 Å². The number of aryl methyl sites for hydroxylation is 1. The number of aromatic nitrogens is 2. The van der Waals surface area contributed by atoms with Crippen LogP contribution < -0.4 is 14.4 Å². The summed E-state index contributed by atoms with van der Waals surface area (Å²) < 4.78 is 31.1. The van der Waals surface area contributed by atoms with Crippen molar-refractivity contribution in [3.63, 3.8) is 0 Å². The van der Waals surface area contributed by atoms with E-state index in [1.54, 1.807) is 24.3 Å². The highest BCUT2D eigenvalue weighted by molar-refractivity contribution is 7.92.